The number of amides is 1. The molecule has 1 heterocycles. The number of hydrogen-bond acceptors (Lipinski definition) is 5. The summed E-state index contributed by atoms with van der Waals surface area (Å²) in [5.41, 5.74) is 4.47. The molecule has 0 bridgehead atoms. The standard InChI is InChI=1S/C44H61F5N2O4S/c1-42-24-22-37-36-19-18-35(55-41(53)50-33-14-16-34(17-15-33)51-25-9-7-10-26-51)30-32(36)29-31(40(37)38(42)20-21-39(42)52)13-8-5-3-2-4-6-11-27-56(54)28-12-23-43(45,46)44(47,48)49/h14-19,30-31,37-40,52H,2-13,20-29H2,1H3,(H,50,53)/t31-,37-,38+,39+,40-,42+,56?/m1/s1. The molecule has 1 amide bonds. The fourth-order valence-corrected chi connectivity index (χ4v) is 11.7. The molecule has 2 aromatic carbocycles. The Kier molecular flexibility index (Phi) is 14.6. The van der Waals surface area contributed by atoms with Crippen molar-refractivity contribution in [3.63, 3.8) is 0 Å². The van der Waals surface area contributed by atoms with Crippen molar-refractivity contribution in [2.75, 3.05) is 34.8 Å². The fraction of sp³-hybridized carbons (Fsp3) is 0.705. The number of nitrogens with zero attached hydrogens (tertiary/aromatic N) is 1. The highest BCUT2D eigenvalue weighted by Gasteiger charge is 2.57. The van der Waals surface area contributed by atoms with Crippen LogP contribution in [0, 0.1) is 23.2 Å². The highest BCUT2D eigenvalue weighted by molar-refractivity contribution is 7.91. The predicted octanol–water partition coefficient (Wildman–Crippen LogP) is 11.6. The third-order valence-electron chi connectivity index (χ3n) is 13.6. The van der Waals surface area contributed by atoms with Crippen LogP contribution in [0.1, 0.15) is 133 Å². The summed E-state index contributed by atoms with van der Waals surface area (Å²) in [6, 6.07) is 14.1. The molecule has 6 nitrogen and oxygen atoms in total. The number of rotatable bonds is 17. The van der Waals surface area contributed by atoms with E-state index in [1.807, 2.05) is 18.2 Å². The number of nitrogens with one attached hydrogen (secondary N) is 1. The molecule has 0 aromatic heterocycles. The smallest absolute Gasteiger partial charge is 0.453 e. The monoisotopic (exact) mass is 808 g/mol. The van der Waals surface area contributed by atoms with Crippen molar-refractivity contribution in [3.05, 3.63) is 53.6 Å². The van der Waals surface area contributed by atoms with Gasteiger partial charge in [-0.1, -0.05) is 56.3 Å². The van der Waals surface area contributed by atoms with Crippen LogP contribution in [0.15, 0.2) is 42.5 Å². The molecule has 2 N–H and O–H groups in total. The van der Waals surface area contributed by atoms with Crippen molar-refractivity contribution in [3.8, 4) is 5.75 Å². The minimum atomic E-state index is -5.56. The maximum absolute atomic E-state index is 13.1. The van der Waals surface area contributed by atoms with Crippen molar-refractivity contribution >= 4 is 28.6 Å². The molecule has 7 atom stereocenters. The Bertz CT molecular complexity index is 1570. The number of piperidine rings is 1. The highest BCUT2D eigenvalue weighted by atomic mass is 32.2. The number of carbonyl (C=O) groups is 1. The molecule has 56 heavy (non-hydrogen) atoms. The van der Waals surface area contributed by atoms with E-state index in [2.05, 4.69) is 41.4 Å². The molecule has 0 radical (unpaired) electrons. The first-order valence-corrected chi connectivity index (χ1v) is 22.7. The highest BCUT2D eigenvalue weighted by Crippen LogP contribution is 2.62. The second kappa shape index (κ2) is 19.0. The van der Waals surface area contributed by atoms with Gasteiger partial charge in [0.05, 0.1) is 6.10 Å². The molecule has 2 aromatic rings. The van der Waals surface area contributed by atoms with Crippen molar-refractivity contribution in [2.45, 2.75) is 147 Å². The van der Waals surface area contributed by atoms with E-state index in [-0.39, 0.29) is 17.3 Å². The summed E-state index contributed by atoms with van der Waals surface area (Å²) >= 11 is -1.38. The summed E-state index contributed by atoms with van der Waals surface area (Å²) in [7, 11) is 0. The van der Waals surface area contributed by atoms with E-state index in [4.69, 9.17) is 4.74 Å². The Morgan fingerprint density at radius 2 is 1.59 bits per heavy atom. The third kappa shape index (κ3) is 10.5. The van der Waals surface area contributed by atoms with Gasteiger partial charge in [-0.15, -0.1) is 0 Å². The molecular formula is C44H61F5N2O4S. The number of halogens is 5. The third-order valence-corrected chi connectivity index (χ3v) is 15.1. The number of aliphatic hydroxyl groups is 1. The van der Waals surface area contributed by atoms with Crippen LogP contribution in [0.4, 0.5) is 38.1 Å². The van der Waals surface area contributed by atoms with E-state index >= 15 is 0 Å². The first kappa shape index (κ1) is 43.0. The van der Waals surface area contributed by atoms with Crippen LogP contribution in [-0.2, 0) is 17.6 Å². The molecule has 3 aliphatic carbocycles. The van der Waals surface area contributed by atoms with Crippen LogP contribution >= 0.6 is 0 Å². The number of fused-ring (bicyclic) bond motifs is 5. The number of benzene rings is 2. The lowest BCUT2D eigenvalue weighted by Crippen LogP contribution is -2.47. The maximum atomic E-state index is 13.1. The quantitative estimate of drug-likeness (QED) is 0.0944. The van der Waals surface area contributed by atoms with Crippen LogP contribution in [-0.4, -0.2) is 58.6 Å². The molecule has 6 rings (SSSR count). The molecule has 0 spiro atoms. The molecule has 1 aliphatic heterocycles. The molecule has 4 aliphatic rings. The summed E-state index contributed by atoms with van der Waals surface area (Å²) in [6.45, 7) is 4.43. The number of carbonyl (C=O) groups excluding carboxylic acids is 1. The molecule has 312 valence electrons. The number of hydrogen-bond donors (Lipinski definition) is 2. The molecule has 2 saturated carbocycles. The summed E-state index contributed by atoms with van der Waals surface area (Å²) < 4.78 is 81.1. The minimum absolute atomic E-state index is 0.0398. The van der Waals surface area contributed by atoms with Crippen LogP contribution in [0.5, 0.6) is 5.75 Å². The van der Waals surface area contributed by atoms with Gasteiger partial charge in [0.2, 0.25) is 0 Å². The van der Waals surface area contributed by atoms with Gasteiger partial charge in [-0.05, 0) is 154 Å². The zero-order chi connectivity index (χ0) is 39.9. The second-order valence-corrected chi connectivity index (χ2v) is 19.0. The minimum Gasteiger partial charge on any atom is -0.616 e. The van der Waals surface area contributed by atoms with E-state index in [9.17, 15) is 36.4 Å². The van der Waals surface area contributed by atoms with Gasteiger partial charge in [-0.25, -0.2) is 4.79 Å². The SMILES string of the molecule is C[C@]12CC[C@@H]3c4ccc(OC(=O)Nc5ccc(N6CCCCC6)cc5)cc4C[C@@H](CCCCCCCCC[S+]([O-])CCCC(F)(F)C(F)(F)F)[C@H]3[C@@H]1CC[C@@H]2O. The lowest BCUT2D eigenvalue weighted by atomic mass is 9.52. The van der Waals surface area contributed by atoms with Gasteiger partial charge >= 0.3 is 18.2 Å². The Hall–Kier alpha value is -2.57. The normalized spacial score (nSPS) is 26.9. The Labute approximate surface area is 332 Å². The van der Waals surface area contributed by atoms with Crippen LogP contribution in [0.3, 0.4) is 0 Å². The van der Waals surface area contributed by atoms with E-state index in [1.165, 1.54) is 36.1 Å². The van der Waals surface area contributed by atoms with Gasteiger partial charge in [0, 0.05) is 30.9 Å². The first-order chi connectivity index (χ1) is 26.7. The first-order valence-electron chi connectivity index (χ1n) is 21.2. The Morgan fingerprint density at radius 1 is 0.911 bits per heavy atom. The predicted molar refractivity (Wildman–Crippen MR) is 213 cm³/mol. The van der Waals surface area contributed by atoms with E-state index < -0.39 is 42.2 Å². The summed E-state index contributed by atoms with van der Waals surface area (Å²) in [6.07, 6.45) is 8.56. The van der Waals surface area contributed by atoms with E-state index in [0.717, 1.165) is 90.1 Å². The van der Waals surface area contributed by atoms with Crippen molar-refractivity contribution in [2.24, 2.45) is 23.2 Å². The number of ether oxygens (including phenoxy) is 1. The van der Waals surface area contributed by atoms with Gasteiger partial charge in [0.1, 0.15) is 17.3 Å². The summed E-state index contributed by atoms with van der Waals surface area (Å²) in [5, 5.41) is 14.0. The number of aliphatic hydroxyl groups excluding tert-OH is 1. The number of unbranched alkanes of at least 4 members (excludes halogenated alkanes) is 6. The van der Waals surface area contributed by atoms with Gasteiger partial charge in [-0.2, -0.15) is 22.0 Å². The Balaban J connectivity index is 0.970. The average molecular weight is 809 g/mol. The zero-order valence-electron chi connectivity index (χ0n) is 32.9. The Morgan fingerprint density at radius 3 is 2.30 bits per heavy atom. The molecule has 3 fully saturated rings. The second-order valence-electron chi connectivity index (χ2n) is 17.3. The van der Waals surface area contributed by atoms with Crippen molar-refractivity contribution < 1.29 is 41.1 Å². The maximum Gasteiger partial charge on any atom is 0.453 e. The fourth-order valence-electron chi connectivity index (χ4n) is 10.5. The van der Waals surface area contributed by atoms with Crippen molar-refractivity contribution in [1.29, 1.82) is 0 Å². The van der Waals surface area contributed by atoms with Gasteiger partial charge in [0.15, 0.2) is 0 Å². The number of alkyl halides is 5. The van der Waals surface area contributed by atoms with E-state index in [0.29, 0.717) is 47.3 Å². The van der Waals surface area contributed by atoms with Gasteiger partial charge in [0.25, 0.3) is 0 Å². The van der Waals surface area contributed by atoms with Gasteiger partial charge in [-0.3, -0.25) is 5.32 Å². The average Bonchev–Trinajstić information content (AvgIpc) is 3.47. The largest absolute Gasteiger partial charge is 0.616 e. The molecular weight excluding hydrogens is 748 g/mol. The van der Waals surface area contributed by atoms with Gasteiger partial charge < -0.3 is 19.3 Å². The molecule has 12 heteroatoms. The molecule has 1 unspecified atom stereocenters. The zero-order valence-corrected chi connectivity index (χ0v) is 33.7. The van der Waals surface area contributed by atoms with Crippen molar-refractivity contribution in [1.82, 2.24) is 0 Å². The topological polar surface area (TPSA) is 84.9 Å². The van der Waals surface area contributed by atoms with E-state index in [1.54, 1.807) is 0 Å². The summed E-state index contributed by atoms with van der Waals surface area (Å²) in [5.74, 6) is -2.05. The number of anilines is 2. The van der Waals surface area contributed by atoms with Crippen LogP contribution < -0.4 is 15.0 Å². The van der Waals surface area contributed by atoms with Crippen LogP contribution in [0.2, 0.25) is 0 Å². The lowest BCUT2D eigenvalue weighted by Gasteiger charge is -2.53. The lowest BCUT2D eigenvalue weighted by molar-refractivity contribution is -0.284. The van der Waals surface area contributed by atoms with Crippen LogP contribution in [0.25, 0.3) is 0 Å². The summed E-state index contributed by atoms with van der Waals surface area (Å²) in [4.78, 5) is 15.4. The molecule has 1 saturated heterocycles.